The minimum absolute atomic E-state index is 0.0461. The third-order valence-corrected chi connectivity index (χ3v) is 5.00. The van der Waals surface area contributed by atoms with Gasteiger partial charge in [0.15, 0.2) is 0 Å². The van der Waals surface area contributed by atoms with E-state index in [2.05, 4.69) is 4.90 Å². The molecule has 3 aromatic rings. The molecular formula is C24H24N2O3. The second kappa shape index (κ2) is 8.80. The van der Waals surface area contributed by atoms with Crippen molar-refractivity contribution in [1.82, 2.24) is 0 Å². The average molecular weight is 388 g/mol. The summed E-state index contributed by atoms with van der Waals surface area (Å²) in [6.45, 7) is 3.25. The quantitative estimate of drug-likeness (QED) is 0.641. The van der Waals surface area contributed by atoms with E-state index < -0.39 is 0 Å². The van der Waals surface area contributed by atoms with Crippen LogP contribution >= 0.6 is 0 Å². The van der Waals surface area contributed by atoms with Gasteiger partial charge < -0.3 is 19.3 Å². The largest absolute Gasteiger partial charge is 0.457 e. The van der Waals surface area contributed by atoms with Crippen LogP contribution in [0.5, 0.6) is 11.5 Å². The Balaban J connectivity index is 1.42. The predicted molar refractivity (Wildman–Crippen MR) is 115 cm³/mol. The van der Waals surface area contributed by atoms with E-state index in [0.29, 0.717) is 5.56 Å². The lowest BCUT2D eigenvalue weighted by Crippen LogP contribution is -2.36. The molecule has 29 heavy (non-hydrogen) atoms. The van der Waals surface area contributed by atoms with Gasteiger partial charge in [0.05, 0.1) is 13.2 Å². The summed E-state index contributed by atoms with van der Waals surface area (Å²) in [5, 5.41) is 0. The number of ether oxygens (including phenoxy) is 2. The molecule has 1 aliphatic heterocycles. The highest BCUT2D eigenvalue weighted by atomic mass is 16.5. The Bertz CT molecular complexity index is 934. The van der Waals surface area contributed by atoms with E-state index >= 15 is 0 Å². The number of amides is 1. The molecule has 1 aliphatic rings. The van der Waals surface area contributed by atoms with Crippen LogP contribution in [0.15, 0.2) is 78.9 Å². The minimum atomic E-state index is -0.0461. The summed E-state index contributed by atoms with van der Waals surface area (Å²) in [6.07, 6.45) is 0. The van der Waals surface area contributed by atoms with Gasteiger partial charge >= 0.3 is 0 Å². The van der Waals surface area contributed by atoms with Crippen LogP contribution in [-0.2, 0) is 4.74 Å². The summed E-state index contributed by atoms with van der Waals surface area (Å²) in [7, 11) is 1.78. The van der Waals surface area contributed by atoms with Crippen molar-refractivity contribution in [2.45, 2.75) is 0 Å². The number of para-hydroxylation sites is 1. The van der Waals surface area contributed by atoms with Crippen molar-refractivity contribution < 1.29 is 14.3 Å². The van der Waals surface area contributed by atoms with Gasteiger partial charge in [-0.15, -0.1) is 0 Å². The maximum Gasteiger partial charge on any atom is 0.258 e. The van der Waals surface area contributed by atoms with Crippen LogP contribution in [0.1, 0.15) is 10.4 Å². The normalized spacial score (nSPS) is 13.8. The molecule has 0 spiro atoms. The van der Waals surface area contributed by atoms with Crippen molar-refractivity contribution >= 4 is 17.3 Å². The first kappa shape index (κ1) is 19.0. The SMILES string of the molecule is CN(C(=O)c1ccc(N2CCOCC2)cc1)c1ccc(Oc2ccccc2)cc1. The maximum absolute atomic E-state index is 12.9. The molecule has 1 fully saturated rings. The van der Waals surface area contributed by atoms with Gasteiger partial charge in [-0.3, -0.25) is 4.79 Å². The van der Waals surface area contributed by atoms with Crippen molar-refractivity contribution in [3.8, 4) is 11.5 Å². The van der Waals surface area contributed by atoms with E-state index in [1.807, 2.05) is 78.9 Å². The van der Waals surface area contributed by atoms with E-state index in [1.165, 1.54) is 0 Å². The number of anilines is 2. The summed E-state index contributed by atoms with van der Waals surface area (Å²) in [5.74, 6) is 1.47. The van der Waals surface area contributed by atoms with Crippen LogP contribution in [0.3, 0.4) is 0 Å². The summed E-state index contributed by atoms with van der Waals surface area (Å²) in [6, 6.07) is 24.9. The molecule has 3 aromatic carbocycles. The Kier molecular flexibility index (Phi) is 5.77. The van der Waals surface area contributed by atoms with E-state index in [4.69, 9.17) is 9.47 Å². The van der Waals surface area contributed by atoms with Crippen molar-refractivity contribution in [1.29, 1.82) is 0 Å². The molecule has 0 saturated carbocycles. The molecule has 0 unspecified atom stereocenters. The first-order valence-corrected chi connectivity index (χ1v) is 9.74. The summed E-state index contributed by atoms with van der Waals surface area (Å²) >= 11 is 0. The van der Waals surface area contributed by atoms with E-state index in [-0.39, 0.29) is 5.91 Å². The van der Waals surface area contributed by atoms with Gasteiger partial charge in [-0.2, -0.15) is 0 Å². The lowest BCUT2D eigenvalue weighted by Gasteiger charge is -2.29. The van der Waals surface area contributed by atoms with Crippen molar-refractivity contribution in [3.05, 3.63) is 84.4 Å². The Hall–Kier alpha value is -3.31. The molecular weight excluding hydrogens is 364 g/mol. The Morgan fingerprint density at radius 2 is 1.48 bits per heavy atom. The van der Waals surface area contributed by atoms with Crippen LogP contribution in [0.2, 0.25) is 0 Å². The third-order valence-electron chi connectivity index (χ3n) is 5.00. The molecule has 0 radical (unpaired) electrons. The van der Waals surface area contributed by atoms with Gasteiger partial charge in [-0.25, -0.2) is 0 Å². The highest BCUT2D eigenvalue weighted by molar-refractivity contribution is 6.05. The van der Waals surface area contributed by atoms with Crippen LogP contribution in [-0.4, -0.2) is 39.3 Å². The third kappa shape index (κ3) is 4.58. The minimum Gasteiger partial charge on any atom is -0.457 e. The van der Waals surface area contributed by atoms with E-state index in [9.17, 15) is 4.79 Å². The highest BCUT2D eigenvalue weighted by Crippen LogP contribution is 2.25. The van der Waals surface area contributed by atoms with Gasteiger partial charge in [0.2, 0.25) is 0 Å². The fourth-order valence-electron chi connectivity index (χ4n) is 3.31. The smallest absolute Gasteiger partial charge is 0.258 e. The zero-order valence-corrected chi connectivity index (χ0v) is 16.5. The molecule has 0 aromatic heterocycles. The van der Waals surface area contributed by atoms with E-state index in [1.54, 1.807) is 11.9 Å². The Morgan fingerprint density at radius 1 is 0.862 bits per heavy atom. The first-order valence-electron chi connectivity index (χ1n) is 9.74. The molecule has 0 N–H and O–H groups in total. The fourth-order valence-corrected chi connectivity index (χ4v) is 3.31. The summed E-state index contributed by atoms with van der Waals surface area (Å²) < 4.78 is 11.2. The topological polar surface area (TPSA) is 42.0 Å². The molecule has 0 bridgehead atoms. The number of hydrogen-bond acceptors (Lipinski definition) is 4. The van der Waals surface area contributed by atoms with Gasteiger partial charge in [0.1, 0.15) is 11.5 Å². The zero-order valence-electron chi connectivity index (χ0n) is 16.5. The first-order chi connectivity index (χ1) is 14.2. The van der Waals surface area contributed by atoms with Crippen LogP contribution < -0.4 is 14.5 Å². The molecule has 4 rings (SSSR count). The summed E-state index contributed by atoms with van der Waals surface area (Å²) in [5.41, 5.74) is 2.59. The maximum atomic E-state index is 12.9. The monoisotopic (exact) mass is 388 g/mol. The van der Waals surface area contributed by atoms with Gasteiger partial charge in [0.25, 0.3) is 5.91 Å². The van der Waals surface area contributed by atoms with Crippen molar-refractivity contribution in [2.24, 2.45) is 0 Å². The van der Waals surface area contributed by atoms with Crippen LogP contribution in [0.25, 0.3) is 0 Å². The van der Waals surface area contributed by atoms with E-state index in [0.717, 1.165) is 49.2 Å². The second-order valence-electron chi connectivity index (χ2n) is 6.92. The highest BCUT2D eigenvalue weighted by Gasteiger charge is 2.15. The number of morpholine rings is 1. The molecule has 5 heteroatoms. The number of nitrogens with zero attached hydrogens (tertiary/aromatic N) is 2. The molecule has 0 atom stereocenters. The van der Waals surface area contributed by atoms with Crippen molar-refractivity contribution in [3.63, 3.8) is 0 Å². The van der Waals surface area contributed by atoms with Crippen LogP contribution in [0.4, 0.5) is 11.4 Å². The number of hydrogen-bond donors (Lipinski definition) is 0. The molecule has 1 saturated heterocycles. The fraction of sp³-hybridized carbons (Fsp3) is 0.208. The zero-order chi connectivity index (χ0) is 20.1. The van der Waals surface area contributed by atoms with Gasteiger partial charge in [-0.1, -0.05) is 18.2 Å². The number of carbonyl (C=O) groups excluding carboxylic acids is 1. The lowest BCUT2D eigenvalue weighted by atomic mass is 10.1. The number of rotatable bonds is 5. The molecule has 5 nitrogen and oxygen atoms in total. The molecule has 0 aliphatic carbocycles. The van der Waals surface area contributed by atoms with Crippen LogP contribution in [0, 0.1) is 0 Å². The van der Waals surface area contributed by atoms with Gasteiger partial charge in [-0.05, 0) is 60.7 Å². The van der Waals surface area contributed by atoms with Gasteiger partial charge in [0, 0.05) is 37.1 Å². The number of carbonyl (C=O) groups is 1. The molecule has 148 valence electrons. The Morgan fingerprint density at radius 3 is 2.14 bits per heavy atom. The Labute approximate surface area is 171 Å². The summed E-state index contributed by atoms with van der Waals surface area (Å²) in [4.78, 5) is 16.8. The molecule has 1 amide bonds. The predicted octanol–water partition coefficient (Wildman–Crippen LogP) is 4.59. The second-order valence-corrected chi connectivity index (χ2v) is 6.92. The standard InChI is InChI=1S/C24H24N2O3/c1-25(20-11-13-23(14-12-20)29-22-5-3-2-4-6-22)24(27)19-7-9-21(10-8-19)26-15-17-28-18-16-26/h2-14H,15-18H2,1H3. The van der Waals surface area contributed by atoms with Crippen molar-refractivity contribution in [2.75, 3.05) is 43.2 Å². The average Bonchev–Trinajstić information content (AvgIpc) is 2.80. The molecule has 1 heterocycles. The number of benzene rings is 3. The lowest BCUT2D eigenvalue weighted by molar-refractivity contribution is 0.0993.